The quantitative estimate of drug-likeness (QED) is 0.874. The van der Waals surface area contributed by atoms with Crippen molar-refractivity contribution in [3.63, 3.8) is 0 Å². The van der Waals surface area contributed by atoms with Gasteiger partial charge in [0.15, 0.2) is 0 Å². The van der Waals surface area contributed by atoms with Crippen LogP contribution in [0.2, 0.25) is 0 Å². The summed E-state index contributed by atoms with van der Waals surface area (Å²) in [7, 11) is 2.19. The van der Waals surface area contributed by atoms with Crippen molar-refractivity contribution >= 4 is 11.3 Å². The lowest BCUT2D eigenvalue weighted by Gasteiger charge is -2.24. The summed E-state index contributed by atoms with van der Waals surface area (Å²) in [5.41, 5.74) is 8.42. The molecule has 1 heterocycles. The monoisotopic (exact) mass is 274 g/mol. The molecule has 19 heavy (non-hydrogen) atoms. The first-order chi connectivity index (χ1) is 9.22. The van der Waals surface area contributed by atoms with Gasteiger partial charge in [0.05, 0.1) is 0 Å². The van der Waals surface area contributed by atoms with Gasteiger partial charge in [-0.2, -0.15) is 0 Å². The van der Waals surface area contributed by atoms with E-state index in [1.54, 1.807) is 0 Å². The first-order valence-electron chi connectivity index (χ1n) is 6.73. The maximum absolute atomic E-state index is 5.78. The lowest BCUT2D eigenvalue weighted by Crippen LogP contribution is -2.24. The van der Waals surface area contributed by atoms with Crippen LogP contribution in [0.4, 0.5) is 0 Å². The predicted molar refractivity (Wildman–Crippen MR) is 83.4 cm³/mol. The van der Waals surface area contributed by atoms with Gasteiger partial charge in [-0.05, 0) is 43.0 Å². The van der Waals surface area contributed by atoms with Crippen molar-refractivity contribution in [3.8, 4) is 0 Å². The van der Waals surface area contributed by atoms with Crippen LogP contribution in [0.3, 0.4) is 0 Å². The Balaban J connectivity index is 1.95. The fourth-order valence-corrected chi connectivity index (χ4v) is 3.09. The van der Waals surface area contributed by atoms with Gasteiger partial charge in [-0.25, -0.2) is 0 Å². The van der Waals surface area contributed by atoms with Crippen LogP contribution in [0.5, 0.6) is 0 Å². The highest BCUT2D eigenvalue weighted by molar-refractivity contribution is 7.10. The van der Waals surface area contributed by atoms with E-state index in [1.807, 2.05) is 11.3 Å². The van der Waals surface area contributed by atoms with E-state index in [4.69, 9.17) is 5.73 Å². The van der Waals surface area contributed by atoms with E-state index in [-0.39, 0.29) is 0 Å². The van der Waals surface area contributed by atoms with Crippen molar-refractivity contribution in [2.24, 2.45) is 5.73 Å². The predicted octanol–water partition coefficient (Wildman–Crippen LogP) is 3.44. The Labute approximate surface area is 119 Å². The first-order valence-corrected chi connectivity index (χ1v) is 7.61. The van der Waals surface area contributed by atoms with Crippen molar-refractivity contribution in [2.45, 2.75) is 25.9 Å². The molecule has 1 aromatic heterocycles. The number of benzene rings is 1. The topological polar surface area (TPSA) is 29.3 Å². The summed E-state index contributed by atoms with van der Waals surface area (Å²) >= 11 is 1.83. The fraction of sp³-hybridized carbons (Fsp3) is 0.375. The number of rotatable bonds is 6. The molecular formula is C16H22N2S. The van der Waals surface area contributed by atoms with E-state index >= 15 is 0 Å². The normalized spacial score (nSPS) is 12.8. The third-order valence-corrected chi connectivity index (χ3v) is 4.73. The van der Waals surface area contributed by atoms with Crippen molar-refractivity contribution < 1.29 is 0 Å². The molecule has 102 valence electrons. The Morgan fingerprint density at radius 2 is 1.89 bits per heavy atom. The molecule has 0 aliphatic carbocycles. The van der Waals surface area contributed by atoms with Gasteiger partial charge in [-0.1, -0.05) is 30.3 Å². The SMILES string of the molecule is CC(c1cccs1)N(C)CCc1ccccc1CN. The first kappa shape index (κ1) is 14.3. The molecule has 0 spiro atoms. The second-order valence-corrected chi connectivity index (χ2v) is 5.87. The molecule has 3 heteroatoms. The Hall–Kier alpha value is -1.16. The van der Waals surface area contributed by atoms with Crippen molar-refractivity contribution in [1.82, 2.24) is 4.90 Å². The van der Waals surface area contributed by atoms with Gasteiger partial charge < -0.3 is 5.73 Å². The molecule has 0 saturated carbocycles. The fourth-order valence-electron chi connectivity index (χ4n) is 2.24. The van der Waals surface area contributed by atoms with Gasteiger partial charge in [0.2, 0.25) is 0 Å². The standard InChI is InChI=1S/C16H22N2S/c1-13(16-8-5-11-19-16)18(2)10-9-14-6-3-4-7-15(14)12-17/h3-8,11,13H,9-10,12,17H2,1-2H3. The molecule has 0 bridgehead atoms. The minimum absolute atomic E-state index is 0.477. The van der Waals surface area contributed by atoms with Crippen LogP contribution in [-0.2, 0) is 13.0 Å². The summed E-state index contributed by atoms with van der Waals surface area (Å²) in [6.07, 6.45) is 1.06. The third-order valence-electron chi connectivity index (χ3n) is 3.69. The number of nitrogens with zero attached hydrogens (tertiary/aromatic N) is 1. The van der Waals surface area contributed by atoms with Crippen LogP contribution in [0, 0.1) is 0 Å². The van der Waals surface area contributed by atoms with E-state index in [2.05, 4.69) is 60.6 Å². The minimum atomic E-state index is 0.477. The minimum Gasteiger partial charge on any atom is -0.326 e. The smallest absolute Gasteiger partial charge is 0.0410 e. The Morgan fingerprint density at radius 1 is 1.16 bits per heavy atom. The zero-order valence-corrected chi connectivity index (χ0v) is 12.5. The number of hydrogen-bond acceptors (Lipinski definition) is 3. The van der Waals surface area contributed by atoms with E-state index in [0.717, 1.165) is 13.0 Å². The van der Waals surface area contributed by atoms with E-state index in [9.17, 15) is 0 Å². The average Bonchev–Trinajstić information content (AvgIpc) is 2.98. The molecule has 2 aromatic rings. The summed E-state index contributed by atoms with van der Waals surface area (Å²) in [5, 5.41) is 2.14. The van der Waals surface area contributed by atoms with Crippen molar-refractivity contribution in [1.29, 1.82) is 0 Å². The summed E-state index contributed by atoms with van der Waals surface area (Å²) in [6, 6.07) is 13.3. The average molecular weight is 274 g/mol. The molecule has 2 N–H and O–H groups in total. The highest BCUT2D eigenvalue weighted by Gasteiger charge is 2.12. The lowest BCUT2D eigenvalue weighted by molar-refractivity contribution is 0.268. The third kappa shape index (κ3) is 3.66. The summed E-state index contributed by atoms with van der Waals surface area (Å²) in [5.74, 6) is 0. The van der Waals surface area contributed by atoms with Gasteiger partial charge in [0.1, 0.15) is 0 Å². The van der Waals surface area contributed by atoms with E-state index in [1.165, 1.54) is 16.0 Å². The Bertz CT molecular complexity index is 493. The Kier molecular flexibility index (Phi) is 5.14. The highest BCUT2D eigenvalue weighted by Crippen LogP contribution is 2.23. The van der Waals surface area contributed by atoms with E-state index < -0.39 is 0 Å². The van der Waals surface area contributed by atoms with Gasteiger partial charge in [0, 0.05) is 24.0 Å². The molecule has 0 aliphatic heterocycles. The van der Waals surface area contributed by atoms with Crippen LogP contribution in [0.25, 0.3) is 0 Å². The molecule has 1 aromatic carbocycles. The van der Waals surface area contributed by atoms with Crippen LogP contribution in [0.1, 0.15) is 29.0 Å². The second-order valence-electron chi connectivity index (χ2n) is 4.89. The molecule has 0 aliphatic rings. The zero-order valence-electron chi connectivity index (χ0n) is 11.7. The lowest BCUT2D eigenvalue weighted by atomic mass is 10.0. The van der Waals surface area contributed by atoms with Gasteiger partial charge >= 0.3 is 0 Å². The number of nitrogens with two attached hydrogens (primary N) is 1. The van der Waals surface area contributed by atoms with Crippen LogP contribution >= 0.6 is 11.3 Å². The maximum atomic E-state index is 5.78. The highest BCUT2D eigenvalue weighted by atomic mass is 32.1. The molecule has 1 atom stereocenters. The summed E-state index contributed by atoms with van der Waals surface area (Å²) in [4.78, 5) is 3.83. The van der Waals surface area contributed by atoms with Crippen LogP contribution in [0.15, 0.2) is 41.8 Å². The van der Waals surface area contributed by atoms with E-state index in [0.29, 0.717) is 12.6 Å². The van der Waals surface area contributed by atoms with Crippen molar-refractivity contribution in [3.05, 3.63) is 57.8 Å². The summed E-state index contributed by atoms with van der Waals surface area (Å²) in [6.45, 7) is 3.94. The number of thiophene rings is 1. The molecular weight excluding hydrogens is 252 g/mol. The molecule has 0 radical (unpaired) electrons. The van der Waals surface area contributed by atoms with Crippen LogP contribution in [-0.4, -0.2) is 18.5 Å². The molecule has 2 rings (SSSR count). The second kappa shape index (κ2) is 6.85. The molecule has 0 amide bonds. The molecule has 0 saturated heterocycles. The van der Waals surface area contributed by atoms with Crippen molar-refractivity contribution in [2.75, 3.05) is 13.6 Å². The van der Waals surface area contributed by atoms with Gasteiger partial charge in [0.25, 0.3) is 0 Å². The largest absolute Gasteiger partial charge is 0.326 e. The molecule has 0 fully saturated rings. The Morgan fingerprint density at radius 3 is 2.53 bits per heavy atom. The summed E-state index contributed by atoms with van der Waals surface area (Å²) < 4.78 is 0. The van der Waals surface area contributed by atoms with Crippen LogP contribution < -0.4 is 5.73 Å². The molecule has 1 unspecified atom stereocenters. The zero-order chi connectivity index (χ0) is 13.7. The maximum Gasteiger partial charge on any atom is 0.0410 e. The molecule has 2 nitrogen and oxygen atoms in total. The van der Waals surface area contributed by atoms with Gasteiger partial charge in [-0.3, -0.25) is 4.90 Å². The number of likely N-dealkylation sites (N-methyl/N-ethyl adjacent to an activating group) is 1. The van der Waals surface area contributed by atoms with Gasteiger partial charge in [-0.15, -0.1) is 11.3 Å². The number of hydrogen-bond donors (Lipinski definition) is 1.